The third-order valence-corrected chi connectivity index (χ3v) is 9.18. The normalized spacial score (nSPS) is 12.6. The maximum Gasteiger partial charge on any atom is 0.469 e. The fraction of sp³-hybridized carbons (Fsp3) is 0.825. The summed E-state index contributed by atoms with van der Waals surface area (Å²) in [6.45, 7) is 3.51. The van der Waals surface area contributed by atoms with Crippen LogP contribution < -0.4 is 0 Å². The van der Waals surface area contributed by atoms with E-state index in [4.69, 9.17) is 19.3 Å². The van der Waals surface area contributed by atoms with Gasteiger partial charge in [0.1, 0.15) is 6.61 Å². The first-order valence-corrected chi connectivity index (χ1v) is 21.6. The van der Waals surface area contributed by atoms with E-state index in [0.29, 0.717) is 19.3 Å². The lowest BCUT2D eigenvalue weighted by Crippen LogP contribution is -2.29. The molecule has 2 N–H and O–H groups in total. The molecule has 0 aromatic carbocycles. The minimum Gasteiger partial charge on any atom is -0.462 e. The van der Waals surface area contributed by atoms with E-state index in [2.05, 4.69) is 24.4 Å². The van der Waals surface area contributed by atoms with Gasteiger partial charge in [-0.15, -0.1) is 0 Å². The van der Waals surface area contributed by atoms with Gasteiger partial charge in [0.2, 0.25) is 0 Å². The molecule has 0 heterocycles. The van der Waals surface area contributed by atoms with Crippen molar-refractivity contribution in [2.45, 2.75) is 200 Å². The minimum atomic E-state index is -4.77. The van der Waals surface area contributed by atoms with Crippen LogP contribution >= 0.6 is 7.82 Å². The molecule has 0 saturated heterocycles. The fourth-order valence-electron chi connectivity index (χ4n) is 5.65. The van der Waals surface area contributed by atoms with Crippen LogP contribution in [-0.2, 0) is 32.9 Å². The van der Waals surface area contributed by atoms with Gasteiger partial charge in [-0.25, -0.2) is 4.57 Å². The summed E-state index contributed by atoms with van der Waals surface area (Å²) in [5, 5.41) is 0. The summed E-state index contributed by atoms with van der Waals surface area (Å²) in [6.07, 6.45) is 35.9. The first-order valence-electron chi connectivity index (χ1n) is 20.1. The van der Waals surface area contributed by atoms with Gasteiger partial charge in [-0.2, -0.15) is 0 Å². The highest BCUT2D eigenvalue weighted by Gasteiger charge is 2.22. The first-order chi connectivity index (χ1) is 24.2. The van der Waals surface area contributed by atoms with E-state index < -0.39 is 32.5 Å². The fourth-order valence-corrected chi connectivity index (χ4v) is 6.01. The highest BCUT2D eigenvalue weighted by molar-refractivity contribution is 7.46. The van der Waals surface area contributed by atoms with Crippen molar-refractivity contribution in [2.75, 3.05) is 13.2 Å². The Labute approximate surface area is 305 Å². The molecule has 1 atom stereocenters. The van der Waals surface area contributed by atoms with Crippen LogP contribution in [0.5, 0.6) is 0 Å². The number of carbonyl (C=O) groups excluding carboxylic acids is 3. The molecule has 0 rings (SSSR count). The summed E-state index contributed by atoms with van der Waals surface area (Å²) >= 11 is 0. The van der Waals surface area contributed by atoms with Gasteiger partial charge in [0.05, 0.1) is 6.61 Å². The van der Waals surface area contributed by atoms with Crippen molar-refractivity contribution in [2.24, 2.45) is 0 Å². The summed E-state index contributed by atoms with van der Waals surface area (Å²) in [6, 6.07) is 0. The van der Waals surface area contributed by atoms with E-state index in [1.54, 1.807) is 6.08 Å². The standard InChI is InChI=1S/C40H73O9P/c1-3-5-7-8-9-10-11-12-13-14-15-16-19-23-26-30-34-40(43)49-38(36-48-50(44,45)46)35-47-39(42)33-29-25-22-20-17-18-21-24-28-32-37(41)31-27-6-4-2/h21,24,28,32,38H,3-20,22-23,25-27,29-31,33-36H2,1-2H3,(H2,44,45,46)/b24-21-,32-28+/t38-/m1/s1. The molecular weight excluding hydrogens is 655 g/mol. The van der Waals surface area contributed by atoms with Gasteiger partial charge in [-0.05, 0) is 38.2 Å². The Kier molecular flexibility index (Phi) is 34.3. The quantitative estimate of drug-likeness (QED) is 0.0210. The maximum absolute atomic E-state index is 12.4. The first kappa shape index (κ1) is 48.2. The Balaban J connectivity index is 3.98. The van der Waals surface area contributed by atoms with Crippen molar-refractivity contribution in [1.82, 2.24) is 0 Å². The number of unbranched alkanes of at least 4 members (excludes halogenated alkanes) is 22. The van der Waals surface area contributed by atoms with Gasteiger partial charge in [0.25, 0.3) is 0 Å². The molecule has 0 aromatic heterocycles. The van der Waals surface area contributed by atoms with Crippen LogP contribution in [0.1, 0.15) is 194 Å². The molecule has 0 aliphatic heterocycles. The largest absolute Gasteiger partial charge is 0.469 e. The second-order valence-corrected chi connectivity index (χ2v) is 14.9. The van der Waals surface area contributed by atoms with Crippen molar-refractivity contribution < 1.29 is 42.7 Å². The van der Waals surface area contributed by atoms with Crippen molar-refractivity contribution in [1.29, 1.82) is 0 Å². The van der Waals surface area contributed by atoms with Crippen molar-refractivity contribution >= 4 is 25.5 Å². The molecule has 0 radical (unpaired) electrons. The number of ketones is 1. The molecule has 292 valence electrons. The Bertz CT molecular complexity index is 928. The highest BCUT2D eigenvalue weighted by atomic mass is 31.2. The number of allylic oxidation sites excluding steroid dienone is 4. The van der Waals surface area contributed by atoms with Crippen LogP contribution in [0.2, 0.25) is 0 Å². The third-order valence-electron chi connectivity index (χ3n) is 8.70. The zero-order valence-corrected chi connectivity index (χ0v) is 32.7. The number of ether oxygens (including phenoxy) is 2. The van der Waals surface area contributed by atoms with Gasteiger partial charge >= 0.3 is 19.8 Å². The van der Waals surface area contributed by atoms with E-state index in [1.165, 1.54) is 77.0 Å². The molecule has 0 spiro atoms. The van der Waals surface area contributed by atoms with Gasteiger partial charge in [-0.1, -0.05) is 160 Å². The van der Waals surface area contributed by atoms with E-state index in [9.17, 15) is 18.9 Å². The number of hydrogen-bond acceptors (Lipinski definition) is 7. The van der Waals surface area contributed by atoms with E-state index in [0.717, 1.165) is 70.6 Å². The molecular formula is C40H73O9P. The van der Waals surface area contributed by atoms with Crippen LogP contribution in [0.15, 0.2) is 24.3 Å². The topological polar surface area (TPSA) is 136 Å². The smallest absolute Gasteiger partial charge is 0.462 e. The average molecular weight is 729 g/mol. The van der Waals surface area contributed by atoms with Gasteiger partial charge in [0.15, 0.2) is 11.9 Å². The summed E-state index contributed by atoms with van der Waals surface area (Å²) in [5.74, 6) is -0.764. The SMILES string of the molecule is CCCCCCCCCCCCCCCCCCC(=O)O[C@H](COC(=O)CCCCCCC/C=C\C=C\C(=O)CCCCC)COP(=O)(O)O. The number of rotatable bonds is 37. The molecule has 0 fully saturated rings. The second-order valence-electron chi connectivity index (χ2n) is 13.7. The van der Waals surface area contributed by atoms with Gasteiger partial charge < -0.3 is 19.3 Å². The van der Waals surface area contributed by atoms with Gasteiger partial charge in [-0.3, -0.25) is 18.9 Å². The molecule has 0 bridgehead atoms. The number of phosphoric ester groups is 1. The predicted octanol–water partition coefficient (Wildman–Crippen LogP) is 11.2. The lowest BCUT2D eigenvalue weighted by Gasteiger charge is -2.18. The average Bonchev–Trinajstić information content (AvgIpc) is 3.07. The molecule has 0 aromatic rings. The van der Waals surface area contributed by atoms with E-state index in [1.807, 2.05) is 12.2 Å². The molecule has 0 amide bonds. The zero-order valence-electron chi connectivity index (χ0n) is 31.8. The Hall–Kier alpha value is -1.80. The molecule has 9 nitrogen and oxygen atoms in total. The monoisotopic (exact) mass is 728 g/mol. The van der Waals surface area contributed by atoms with Crippen LogP contribution in [0.25, 0.3) is 0 Å². The number of carbonyl (C=O) groups is 3. The summed E-state index contributed by atoms with van der Waals surface area (Å²) < 4.78 is 26.3. The molecule has 0 saturated carbocycles. The Morgan fingerprint density at radius 3 is 1.52 bits per heavy atom. The van der Waals surface area contributed by atoms with Crippen LogP contribution in [0.3, 0.4) is 0 Å². The minimum absolute atomic E-state index is 0.174. The summed E-state index contributed by atoms with van der Waals surface area (Å²) in [5.41, 5.74) is 0. The van der Waals surface area contributed by atoms with Crippen LogP contribution in [-0.4, -0.2) is 46.8 Å². The lowest BCUT2D eigenvalue weighted by molar-refractivity contribution is -0.161. The van der Waals surface area contributed by atoms with Crippen molar-refractivity contribution in [3.63, 3.8) is 0 Å². The van der Waals surface area contributed by atoms with Gasteiger partial charge in [0, 0.05) is 19.3 Å². The molecule has 0 aliphatic rings. The predicted molar refractivity (Wildman–Crippen MR) is 203 cm³/mol. The lowest BCUT2D eigenvalue weighted by atomic mass is 10.0. The van der Waals surface area contributed by atoms with Crippen LogP contribution in [0.4, 0.5) is 0 Å². The number of esters is 2. The molecule has 0 aliphatic carbocycles. The molecule has 10 heteroatoms. The summed E-state index contributed by atoms with van der Waals surface area (Å²) in [4.78, 5) is 54.5. The van der Waals surface area contributed by atoms with Crippen molar-refractivity contribution in [3.05, 3.63) is 24.3 Å². The van der Waals surface area contributed by atoms with E-state index >= 15 is 0 Å². The maximum atomic E-state index is 12.4. The highest BCUT2D eigenvalue weighted by Crippen LogP contribution is 2.36. The number of hydrogen-bond donors (Lipinski definition) is 2. The Morgan fingerprint density at radius 2 is 1.00 bits per heavy atom. The van der Waals surface area contributed by atoms with Crippen molar-refractivity contribution in [3.8, 4) is 0 Å². The number of phosphoric acid groups is 1. The van der Waals surface area contributed by atoms with E-state index in [-0.39, 0.29) is 25.2 Å². The molecule has 50 heavy (non-hydrogen) atoms. The second kappa shape index (κ2) is 35.6. The zero-order chi connectivity index (χ0) is 37.0. The molecule has 0 unspecified atom stereocenters. The Morgan fingerprint density at radius 1 is 0.560 bits per heavy atom. The third kappa shape index (κ3) is 37.5. The summed E-state index contributed by atoms with van der Waals surface area (Å²) in [7, 11) is -4.77. The van der Waals surface area contributed by atoms with Crippen LogP contribution in [0, 0.1) is 0 Å².